The summed E-state index contributed by atoms with van der Waals surface area (Å²) < 4.78 is 0. The van der Waals surface area contributed by atoms with Gasteiger partial charge >= 0.3 is 0 Å². The molecular weight excluding hydrogens is 354 g/mol. The van der Waals surface area contributed by atoms with Crippen LogP contribution in [0.25, 0.3) is 0 Å². The van der Waals surface area contributed by atoms with Gasteiger partial charge in [0.15, 0.2) is 11.4 Å². The summed E-state index contributed by atoms with van der Waals surface area (Å²) in [6, 6.07) is 7.07. The second kappa shape index (κ2) is 8.25. The van der Waals surface area contributed by atoms with Crippen molar-refractivity contribution in [3.63, 3.8) is 0 Å². The molecule has 2 unspecified atom stereocenters. The van der Waals surface area contributed by atoms with Gasteiger partial charge in [0, 0.05) is 35.2 Å². The molecule has 0 aliphatic carbocycles. The zero-order valence-electron chi connectivity index (χ0n) is 14.3. The van der Waals surface area contributed by atoms with Crippen molar-refractivity contribution >= 4 is 29.1 Å². The fraction of sp³-hybridized carbons (Fsp3) is 0.333. The zero-order valence-corrected chi connectivity index (χ0v) is 15.1. The van der Waals surface area contributed by atoms with Crippen molar-refractivity contribution < 1.29 is 9.59 Å². The normalized spacial score (nSPS) is 19.6. The summed E-state index contributed by atoms with van der Waals surface area (Å²) in [5, 5.41) is 9.56. The number of hydrogen-bond acceptors (Lipinski definition) is 5. The van der Waals surface area contributed by atoms with E-state index in [0.29, 0.717) is 16.8 Å². The largest absolute Gasteiger partial charge is 0.348 e. The van der Waals surface area contributed by atoms with Gasteiger partial charge in [-0.3, -0.25) is 9.59 Å². The second-order valence-electron chi connectivity index (χ2n) is 6.26. The Labute approximate surface area is 156 Å². The van der Waals surface area contributed by atoms with Crippen molar-refractivity contribution in [2.45, 2.75) is 31.8 Å². The van der Waals surface area contributed by atoms with Crippen LogP contribution >= 0.6 is 11.6 Å². The van der Waals surface area contributed by atoms with Crippen LogP contribution in [0.1, 0.15) is 40.7 Å². The Morgan fingerprint density at radius 3 is 2.42 bits per heavy atom. The summed E-state index contributed by atoms with van der Waals surface area (Å²) in [4.78, 5) is 33.3. The van der Waals surface area contributed by atoms with Crippen molar-refractivity contribution in [2.75, 3.05) is 11.9 Å². The molecule has 1 aliphatic rings. The molecule has 0 bridgehead atoms. The standard InChI is InChI=1S/C18H20ClN5O2/c1-11-10-14(6-7-20-11)24-18(26)16-15(21-8-9-22-16)17(25)23-13-4-2-12(19)3-5-13/h2-5,8-9,11,14,20H,6-7,10H2,1H3,(H,23,25)(H,24,26). The molecule has 0 spiro atoms. The molecule has 26 heavy (non-hydrogen) atoms. The lowest BCUT2D eigenvalue weighted by Gasteiger charge is -2.28. The van der Waals surface area contributed by atoms with Gasteiger partial charge in [-0.05, 0) is 50.6 Å². The minimum atomic E-state index is -0.496. The van der Waals surface area contributed by atoms with E-state index in [9.17, 15) is 9.59 Å². The topological polar surface area (TPSA) is 96.0 Å². The van der Waals surface area contributed by atoms with E-state index in [1.54, 1.807) is 24.3 Å². The van der Waals surface area contributed by atoms with Gasteiger partial charge in [0.05, 0.1) is 0 Å². The van der Waals surface area contributed by atoms with Gasteiger partial charge in [-0.1, -0.05) is 11.6 Å². The van der Waals surface area contributed by atoms with Crippen LogP contribution in [0.2, 0.25) is 5.02 Å². The highest BCUT2D eigenvalue weighted by atomic mass is 35.5. The molecule has 1 saturated heterocycles. The Hall–Kier alpha value is -2.51. The van der Waals surface area contributed by atoms with Crippen molar-refractivity contribution in [3.8, 4) is 0 Å². The first-order valence-corrected chi connectivity index (χ1v) is 8.83. The molecule has 8 heteroatoms. The molecule has 1 fully saturated rings. The van der Waals surface area contributed by atoms with Gasteiger partial charge in [0.2, 0.25) is 0 Å². The number of piperidine rings is 1. The lowest BCUT2D eigenvalue weighted by molar-refractivity contribution is 0.0908. The molecule has 1 aliphatic heterocycles. The molecule has 1 aromatic carbocycles. The van der Waals surface area contributed by atoms with Gasteiger partial charge in [0.25, 0.3) is 11.8 Å². The fourth-order valence-corrected chi connectivity index (χ4v) is 3.04. The monoisotopic (exact) mass is 373 g/mol. The Balaban J connectivity index is 1.73. The minimum Gasteiger partial charge on any atom is -0.348 e. The van der Waals surface area contributed by atoms with E-state index >= 15 is 0 Å². The number of rotatable bonds is 4. The zero-order chi connectivity index (χ0) is 18.5. The van der Waals surface area contributed by atoms with E-state index in [2.05, 4.69) is 32.8 Å². The molecule has 3 rings (SSSR count). The van der Waals surface area contributed by atoms with Gasteiger partial charge in [-0.2, -0.15) is 0 Å². The first-order valence-electron chi connectivity index (χ1n) is 8.45. The SMILES string of the molecule is CC1CC(NC(=O)c2nccnc2C(=O)Nc2ccc(Cl)cc2)CCN1. The number of carbonyl (C=O) groups is 2. The number of aromatic nitrogens is 2. The Bertz CT molecular complexity index is 796. The summed E-state index contributed by atoms with van der Waals surface area (Å²) in [6.07, 6.45) is 4.46. The third kappa shape index (κ3) is 4.56. The first-order chi connectivity index (χ1) is 12.5. The summed E-state index contributed by atoms with van der Waals surface area (Å²) >= 11 is 5.84. The maximum Gasteiger partial charge on any atom is 0.276 e. The second-order valence-corrected chi connectivity index (χ2v) is 6.70. The smallest absolute Gasteiger partial charge is 0.276 e. The van der Waals surface area contributed by atoms with E-state index in [-0.39, 0.29) is 17.4 Å². The predicted octanol–water partition coefficient (Wildman–Crippen LogP) is 2.25. The maximum absolute atomic E-state index is 12.6. The number of anilines is 1. The highest BCUT2D eigenvalue weighted by Gasteiger charge is 2.25. The molecule has 2 aromatic rings. The maximum atomic E-state index is 12.6. The van der Waals surface area contributed by atoms with E-state index in [0.717, 1.165) is 19.4 Å². The van der Waals surface area contributed by atoms with E-state index in [4.69, 9.17) is 11.6 Å². The van der Waals surface area contributed by atoms with Crippen LogP contribution in [0, 0.1) is 0 Å². The van der Waals surface area contributed by atoms with Crippen molar-refractivity contribution in [3.05, 3.63) is 53.1 Å². The predicted molar refractivity (Wildman–Crippen MR) is 99.4 cm³/mol. The Morgan fingerprint density at radius 1 is 1.12 bits per heavy atom. The van der Waals surface area contributed by atoms with Crippen LogP contribution in [0.4, 0.5) is 5.69 Å². The lowest BCUT2D eigenvalue weighted by atomic mass is 10.0. The lowest BCUT2D eigenvalue weighted by Crippen LogP contribution is -2.47. The number of nitrogens with one attached hydrogen (secondary N) is 3. The van der Waals surface area contributed by atoms with Gasteiger partial charge in [-0.15, -0.1) is 0 Å². The van der Waals surface area contributed by atoms with Crippen molar-refractivity contribution in [1.29, 1.82) is 0 Å². The summed E-state index contributed by atoms with van der Waals surface area (Å²) in [5.41, 5.74) is 0.565. The average molecular weight is 374 g/mol. The van der Waals surface area contributed by atoms with Crippen molar-refractivity contribution in [2.24, 2.45) is 0 Å². The molecule has 0 saturated carbocycles. The number of amides is 2. The number of halogens is 1. The van der Waals surface area contributed by atoms with Crippen LogP contribution in [0.15, 0.2) is 36.7 Å². The number of hydrogen-bond donors (Lipinski definition) is 3. The quantitative estimate of drug-likeness (QED) is 0.763. The number of carbonyl (C=O) groups excluding carboxylic acids is 2. The highest BCUT2D eigenvalue weighted by molar-refractivity contribution is 6.30. The fourth-order valence-electron chi connectivity index (χ4n) is 2.91. The molecule has 2 atom stereocenters. The molecule has 0 radical (unpaired) electrons. The first kappa shape index (κ1) is 18.3. The third-order valence-electron chi connectivity index (χ3n) is 4.19. The van der Waals surface area contributed by atoms with E-state index < -0.39 is 11.8 Å². The molecular formula is C18H20ClN5O2. The Kier molecular flexibility index (Phi) is 5.80. The van der Waals surface area contributed by atoms with Crippen molar-refractivity contribution in [1.82, 2.24) is 20.6 Å². The summed E-state index contributed by atoms with van der Waals surface area (Å²) in [6.45, 7) is 2.92. The molecule has 3 N–H and O–H groups in total. The van der Waals surface area contributed by atoms with Gasteiger partial charge < -0.3 is 16.0 Å². The van der Waals surface area contributed by atoms with Crippen LogP contribution in [-0.4, -0.2) is 40.4 Å². The van der Waals surface area contributed by atoms with Gasteiger partial charge in [-0.25, -0.2) is 9.97 Å². The van der Waals surface area contributed by atoms with Crippen LogP contribution < -0.4 is 16.0 Å². The van der Waals surface area contributed by atoms with Crippen LogP contribution in [0.5, 0.6) is 0 Å². The number of benzene rings is 1. The third-order valence-corrected chi connectivity index (χ3v) is 4.44. The molecule has 2 amide bonds. The molecule has 7 nitrogen and oxygen atoms in total. The van der Waals surface area contributed by atoms with Crippen LogP contribution in [0.3, 0.4) is 0 Å². The summed E-state index contributed by atoms with van der Waals surface area (Å²) in [5.74, 6) is -0.886. The number of nitrogens with zero attached hydrogens (tertiary/aromatic N) is 2. The molecule has 2 heterocycles. The van der Waals surface area contributed by atoms with Crippen LogP contribution in [-0.2, 0) is 0 Å². The van der Waals surface area contributed by atoms with E-state index in [1.807, 2.05) is 0 Å². The summed E-state index contributed by atoms with van der Waals surface area (Å²) in [7, 11) is 0. The highest BCUT2D eigenvalue weighted by Crippen LogP contribution is 2.15. The average Bonchev–Trinajstić information content (AvgIpc) is 2.63. The molecule has 1 aromatic heterocycles. The Morgan fingerprint density at radius 2 is 1.77 bits per heavy atom. The van der Waals surface area contributed by atoms with E-state index in [1.165, 1.54) is 12.4 Å². The van der Waals surface area contributed by atoms with Gasteiger partial charge in [0.1, 0.15) is 0 Å². The molecule has 136 valence electrons. The minimum absolute atomic E-state index is 0.0121.